The number of aryl methyl sites for hydroxylation is 1. The van der Waals surface area contributed by atoms with E-state index in [2.05, 4.69) is 275 Å². The molecule has 67 heavy (non-hydrogen) atoms. The molecule has 0 saturated heterocycles. The van der Waals surface area contributed by atoms with Gasteiger partial charge in [-0.2, -0.15) is 0 Å². The monoisotopic (exact) mass is 861 g/mol. The second-order valence-electron chi connectivity index (χ2n) is 18.7. The number of hydrogen-bond donors (Lipinski definition) is 0. The fourth-order valence-corrected chi connectivity index (χ4v) is 9.41. The molecule has 0 bridgehead atoms. The topological polar surface area (TPSA) is 4.93 Å². The molecule has 0 saturated carbocycles. The van der Waals surface area contributed by atoms with E-state index in [1.54, 1.807) is 0 Å². The van der Waals surface area contributed by atoms with Crippen LogP contribution in [-0.4, -0.2) is 4.57 Å². The van der Waals surface area contributed by atoms with E-state index in [0.717, 1.165) is 6.42 Å². The normalized spacial score (nSPS) is 11.3. The molecule has 1 heterocycles. The zero-order chi connectivity index (χ0) is 45.7. The lowest BCUT2D eigenvalue weighted by Crippen LogP contribution is -2.12. The van der Waals surface area contributed by atoms with Gasteiger partial charge in [0.1, 0.15) is 0 Å². The maximum absolute atomic E-state index is 2.41. The fraction of sp³-hybridized carbons (Fsp3) is 0.0909. The summed E-state index contributed by atoms with van der Waals surface area (Å²) in [5, 5.41) is 2.52. The zero-order valence-corrected chi connectivity index (χ0v) is 38.8. The molecule has 0 unspecified atom stereocenters. The first-order valence-electron chi connectivity index (χ1n) is 23.4. The third-order valence-electron chi connectivity index (χ3n) is 12.9. The lowest BCUT2D eigenvalue weighted by Gasteiger charge is -2.23. The van der Waals surface area contributed by atoms with Crippen LogP contribution in [-0.2, 0) is 11.8 Å². The summed E-state index contributed by atoms with van der Waals surface area (Å²) in [6.07, 6.45) is 0.899. The Morgan fingerprint density at radius 1 is 0.328 bits per heavy atom. The Morgan fingerprint density at radius 2 is 0.806 bits per heavy atom. The minimum atomic E-state index is 0.0694. The highest BCUT2D eigenvalue weighted by atomic mass is 15.0. The minimum absolute atomic E-state index is 0.0694. The van der Waals surface area contributed by atoms with Gasteiger partial charge in [0.25, 0.3) is 0 Å². The van der Waals surface area contributed by atoms with Crippen molar-refractivity contribution in [1.29, 1.82) is 0 Å². The largest absolute Gasteiger partial charge is 0.309 e. The Labute approximate surface area is 396 Å². The van der Waals surface area contributed by atoms with Gasteiger partial charge in [0.2, 0.25) is 0 Å². The van der Waals surface area contributed by atoms with E-state index in [-0.39, 0.29) is 5.41 Å². The maximum Gasteiger partial charge on any atom is 0.0541 e. The molecule has 11 aromatic rings. The van der Waals surface area contributed by atoms with E-state index in [4.69, 9.17) is 0 Å². The van der Waals surface area contributed by atoms with Crippen LogP contribution in [0.4, 0.5) is 0 Å². The highest BCUT2D eigenvalue weighted by Gasteiger charge is 2.19. The summed E-state index contributed by atoms with van der Waals surface area (Å²) >= 11 is 0. The predicted molar refractivity (Wildman–Crippen MR) is 287 cm³/mol. The Balaban J connectivity index is 0.000000347. The number of aromatic nitrogens is 1. The van der Waals surface area contributed by atoms with Gasteiger partial charge < -0.3 is 4.57 Å². The van der Waals surface area contributed by atoms with Crippen molar-refractivity contribution in [3.8, 4) is 61.3 Å². The SMILES string of the molecule is CC(C)(C)c1ccccc1-c1ccc(-n2c3ccccc3c3cc(-c4cccc(-c5cccc(Cc6ccc(-c7ccccc7)cc6)c5)c4)ccc32)cc1.Cc1ccc(-c2ccccc2)cc1. The van der Waals surface area contributed by atoms with Crippen LogP contribution < -0.4 is 0 Å². The van der Waals surface area contributed by atoms with Crippen molar-refractivity contribution in [2.45, 2.75) is 39.5 Å². The lowest BCUT2D eigenvalue weighted by atomic mass is 9.82. The van der Waals surface area contributed by atoms with Crippen LogP contribution in [0.5, 0.6) is 0 Å². The van der Waals surface area contributed by atoms with Crippen molar-refractivity contribution in [2.24, 2.45) is 0 Å². The molecule has 10 aromatic carbocycles. The van der Waals surface area contributed by atoms with Gasteiger partial charge in [-0.15, -0.1) is 0 Å². The van der Waals surface area contributed by atoms with Gasteiger partial charge in [-0.1, -0.05) is 239 Å². The van der Waals surface area contributed by atoms with Gasteiger partial charge in [-0.3, -0.25) is 0 Å². The van der Waals surface area contributed by atoms with Crippen molar-refractivity contribution >= 4 is 21.8 Å². The molecular formula is C66H55N. The molecule has 0 amide bonds. The van der Waals surface area contributed by atoms with Crippen LogP contribution in [0, 0.1) is 6.92 Å². The summed E-state index contributed by atoms with van der Waals surface area (Å²) in [5.41, 5.74) is 21.5. The molecule has 0 radical (unpaired) electrons. The van der Waals surface area contributed by atoms with E-state index < -0.39 is 0 Å². The molecule has 0 spiro atoms. The molecule has 0 aliphatic heterocycles. The van der Waals surface area contributed by atoms with E-state index >= 15 is 0 Å². The van der Waals surface area contributed by atoms with E-state index in [0.29, 0.717) is 0 Å². The highest BCUT2D eigenvalue weighted by molar-refractivity contribution is 6.10. The number of nitrogens with zero attached hydrogens (tertiary/aromatic N) is 1. The fourth-order valence-electron chi connectivity index (χ4n) is 9.41. The van der Waals surface area contributed by atoms with Gasteiger partial charge in [0, 0.05) is 16.5 Å². The second-order valence-corrected chi connectivity index (χ2v) is 18.7. The minimum Gasteiger partial charge on any atom is -0.309 e. The average Bonchev–Trinajstić information content (AvgIpc) is 3.71. The summed E-state index contributed by atoms with van der Waals surface area (Å²) in [4.78, 5) is 0. The average molecular weight is 862 g/mol. The van der Waals surface area contributed by atoms with Crippen LogP contribution in [0.1, 0.15) is 43.0 Å². The molecule has 0 fully saturated rings. The van der Waals surface area contributed by atoms with Gasteiger partial charge in [0.05, 0.1) is 11.0 Å². The van der Waals surface area contributed by atoms with Crippen molar-refractivity contribution in [2.75, 3.05) is 0 Å². The highest BCUT2D eigenvalue weighted by Crippen LogP contribution is 2.38. The molecule has 0 atom stereocenters. The molecule has 0 N–H and O–H groups in total. The predicted octanol–water partition coefficient (Wildman–Crippen LogP) is 18.0. The molecule has 1 aromatic heterocycles. The first kappa shape index (κ1) is 42.9. The molecule has 11 rings (SSSR count). The van der Waals surface area contributed by atoms with E-state index in [9.17, 15) is 0 Å². The third kappa shape index (κ3) is 9.41. The van der Waals surface area contributed by atoms with E-state index in [1.165, 1.54) is 105 Å². The third-order valence-corrected chi connectivity index (χ3v) is 12.9. The lowest BCUT2D eigenvalue weighted by molar-refractivity contribution is 0.592. The summed E-state index contributed by atoms with van der Waals surface area (Å²) in [6.45, 7) is 8.96. The maximum atomic E-state index is 2.41. The Hall–Kier alpha value is -8.00. The molecule has 1 heteroatoms. The molecule has 0 aliphatic carbocycles. The molecular weight excluding hydrogens is 807 g/mol. The first-order chi connectivity index (χ1) is 32.7. The van der Waals surface area contributed by atoms with Gasteiger partial charge in [-0.05, 0) is 127 Å². The molecule has 324 valence electrons. The summed E-state index contributed by atoms with van der Waals surface area (Å²) in [7, 11) is 0. The Kier molecular flexibility index (Phi) is 12.1. The van der Waals surface area contributed by atoms with Crippen molar-refractivity contribution in [3.63, 3.8) is 0 Å². The van der Waals surface area contributed by atoms with Crippen LogP contribution in [0.3, 0.4) is 0 Å². The number of hydrogen-bond acceptors (Lipinski definition) is 0. The smallest absolute Gasteiger partial charge is 0.0541 e. The van der Waals surface area contributed by atoms with Crippen LogP contribution in [0.2, 0.25) is 0 Å². The number of para-hydroxylation sites is 1. The van der Waals surface area contributed by atoms with Crippen molar-refractivity contribution in [1.82, 2.24) is 4.57 Å². The van der Waals surface area contributed by atoms with Crippen LogP contribution in [0.15, 0.2) is 249 Å². The van der Waals surface area contributed by atoms with Crippen LogP contribution in [0.25, 0.3) is 83.1 Å². The van der Waals surface area contributed by atoms with Gasteiger partial charge >= 0.3 is 0 Å². The second kappa shape index (κ2) is 18.8. The van der Waals surface area contributed by atoms with Crippen molar-refractivity contribution < 1.29 is 0 Å². The van der Waals surface area contributed by atoms with Crippen molar-refractivity contribution in [3.05, 3.63) is 271 Å². The van der Waals surface area contributed by atoms with Crippen LogP contribution >= 0.6 is 0 Å². The standard InChI is InChI=1S/C53H43N.C13H12/c1-53(2,3)50-21-9-7-19-47(50)41-27-30-46(31-28-41)54-51-22-10-8-20-48(51)49-36-45(29-32-52(49)54)44-18-12-17-43(35-44)42-16-11-13-38(34-42)33-37-23-25-40(26-24-37)39-14-5-4-6-15-39;1-11-7-9-13(10-8-11)12-5-3-2-4-6-12/h4-32,34-36H,33H2,1-3H3;2-10H,1H3. The molecule has 0 aliphatic rings. The van der Waals surface area contributed by atoms with Gasteiger partial charge in [-0.25, -0.2) is 0 Å². The number of fused-ring (bicyclic) bond motifs is 3. The molecule has 1 nitrogen and oxygen atoms in total. The van der Waals surface area contributed by atoms with E-state index in [1.807, 2.05) is 6.07 Å². The Bertz CT molecular complexity index is 3420. The summed E-state index contributed by atoms with van der Waals surface area (Å²) in [5.74, 6) is 0. The number of benzene rings is 10. The Morgan fingerprint density at radius 3 is 1.46 bits per heavy atom. The first-order valence-corrected chi connectivity index (χ1v) is 23.4. The summed E-state index contributed by atoms with van der Waals surface area (Å²) < 4.78 is 2.41. The van der Waals surface area contributed by atoms with Gasteiger partial charge in [0.15, 0.2) is 0 Å². The quantitative estimate of drug-likeness (QED) is 0.143. The number of rotatable bonds is 8. The summed E-state index contributed by atoms with van der Waals surface area (Å²) in [6, 6.07) is 90.2. The zero-order valence-electron chi connectivity index (χ0n) is 38.8.